The molecule has 0 bridgehead atoms. The van der Waals surface area contributed by atoms with E-state index < -0.39 is 0 Å². The van der Waals surface area contributed by atoms with Gasteiger partial charge in [-0.3, -0.25) is 9.59 Å². The highest BCUT2D eigenvalue weighted by Crippen LogP contribution is 2.37. The molecule has 0 spiro atoms. The second-order valence-corrected chi connectivity index (χ2v) is 5.86. The maximum Gasteiger partial charge on any atom is 0.254 e. The van der Waals surface area contributed by atoms with E-state index in [1.165, 1.54) is 0 Å². The van der Waals surface area contributed by atoms with Gasteiger partial charge in [-0.1, -0.05) is 31.5 Å². The summed E-state index contributed by atoms with van der Waals surface area (Å²) in [5, 5.41) is 0. The lowest BCUT2D eigenvalue weighted by Crippen LogP contribution is -2.32. The number of amides is 1. The standard InChI is InChI=1S/C16H21NO2/c1-10(2)9-17-15(8-12(4)18)14-7-11(3)5-6-13(14)16(17)19/h5-7,10,15H,8-9H2,1-4H3. The summed E-state index contributed by atoms with van der Waals surface area (Å²) in [5.74, 6) is 0.588. The van der Waals surface area contributed by atoms with Crippen LogP contribution < -0.4 is 0 Å². The summed E-state index contributed by atoms with van der Waals surface area (Å²) < 4.78 is 0. The number of carbonyl (C=O) groups excluding carboxylic acids is 2. The lowest BCUT2D eigenvalue weighted by molar-refractivity contribution is -0.118. The van der Waals surface area contributed by atoms with Crippen LogP contribution in [0, 0.1) is 12.8 Å². The fraction of sp³-hybridized carbons (Fsp3) is 0.500. The maximum absolute atomic E-state index is 12.5. The Morgan fingerprint density at radius 3 is 2.63 bits per heavy atom. The molecule has 1 aliphatic heterocycles. The Labute approximate surface area is 114 Å². The Balaban J connectivity index is 2.42. The van der Waals surface area contributed by atoms with Gasteiger partial charge in [-0.25, -0.2) is 0 Å². The van der Waals surface area contributed by atoms with Gasteiger partial charge >= 0.3 is 0 Å². The van der Waals surface area contributed by atoms with Crippen LogP contribution in [-0.2, 0) is 4.79 Å². The molecule has 102 valence electrons. The van der Waals surface area contributed by atoms with Crippen molar-refractivity contribution in [2.75, 3.05) is 6.54 Å². The fourth-order valence-electron chi connectivity index (χ4n) is 2.71. The first-order valence-corrected chi connectivity index (χ1v) is 6.81. The van der Waals surface area contributed by atoms with E-state index in [1.807, 2.05) is 30.0 Å². The third kappa shape index (κ3) is 2.70. The van der Waals surface area contributed by atoms with Gasteiger partial charge in [-0.05, 0) is 31.4 Å². The molecular formula is C16H21NO2. The van der Waals surface area contributed by atoms with Gasteiger partial charge in [0.05, 0.1) is 6.04 Å². The van der Waals surface area contributed by atoms with Crippen LogP contribution >= 0.6 is 0 Å². The van der Waals surface area contributed by atoms with Gasteiger partial charge in [0.2, 0.25) is 0 Å². The molecule has 3 heteroatoms. The zero-order valence-corrected chi connectivity index (χ0v) is 12.1. The minimum Gasteiger partial charge on any atom is -0.331 e. The third-order valence-electron chi connectivity index (χ3n) is 3.48. The van der Waals surface area contributed by atoms with E-state index in [1.54, 1.807) is 6.92 Å². The number of hydrogen-bond acceptors (Lipinski definition) is 2. The third-order valence-corrected chi connectivity index (χ3v) is 3.48. The van der Waals surface area contributed by atoms with Crippen LogP contribution in [0.3, 0.4) is 0 Å². The predicted molar refractivity (Wildman–Crippen MR) is 75.1 cm³/mol. The van der Waals surface area contributed by atoms with Gasteiger partial charge in [0.25, 0.3) is 5.91 Å². The number of hydrogen-bond donors (Lipinski definition) is 0. The molecule has 0 N–H and O–H groups in total. The van der Waals surface area contributed by atoms with Gasteiger partial charge in [0, 0.05) is 18.5 Å². The molecule has 2 rings (SSSR count). The number of aryl methyl sites for hydroxylation is 1. The van der Waals surface area contributed by atoms with Crippen LogP contribution in [0.5, 0.6) is 0 Å². The first kappa shape index (κ1) is 13.8. The van der Waals surface area contributed by atoms with Crippen molar-refractivity contribution in [1.29, 1.82) is 0 Å². The molecule has 0 radical (unpaired) electrons. The normalized spacial score (nSPS) is 18.1. The second kappa shape index (κ2) is 5.16. The number of carbonyl (C=O) groups is 2. The quantitative estimate of drug-likeness (QED) is 0.833. The number of Topliss-reactive ketones (excluding diaryl/α,β-unsaturated/α-hetero) is 1. The van der Waals surface area contributed by atoms with Crippen molar-refractivity contribution < 1.29 is 9.59 Å². The highest BCUT2D eigenvalue weighted by Gasteiger charge is 2.37. The zero-order valence-electron chi connectivity index (χ0n) is 12.1. The largest absolute Gasteiger partial charge is 0.331 e. The lowest BCUT2D eigenvalue weighted by Gasteiger charge is -2.26. The summed E-state index contributed by atoms with van der Waals surface area (Å²) >= 11 is 0. The molecule has 1 atom stereocenters. The Hall–Kier alpha value is -1.64. The van der Waals surface area contributed by atoms with Gasteiger partial charge in [0.1, 0.15) is 5.78 Å². The minimum atomic E-state index is -0.0812. The van der Waals surface area contributed by atoms with Gasteiger partial charge in [-0.2, -0.15) is 0 Å². The molecule has 1 aromatic carbocycles. The Kier molecular flexibility index (Phi) is 3.74. The number of benzene rings is 1. The molecule has 0 aliphatic carbocycles. The summed E-state index contributed by atoms with van der Waals surface area (Å²) in [6, 6.07) is 5.81. The first-order chi connectivity index (χ1) is 8.90. The van der Waals surface area contributed by atoms with Gasteiger partial charge in [-0.15, -0.1) is 0 Å². The summed E-state index contributed by atoms with van der Waals surface area (Å²) in [4.78, 5) is 25.8. The molecule has 0 aromatic heterocycles. The van der Waals surface area contributed by atoms with Crippen molar-refractivity contribution in [1.82, 2.24) is 4.90 Å². The van der Waals surface area contributed by atoms with Crippen molar-refractivity contribution in [2.24, 2.45) is 5.92 Å². The predicted octanol–water partition coefficient (Wildman–Crippen LogP) is 3.13. The second-order valence-electron chi connectivity index (χ2n) is 5.86. The Morgan fingerprint density at radius 2 is 2.05 bits per heavy atom. The summed E-state index contributed by atoms with van der Waals surface area (Å²) in [6.45, 7) is 8.48. The van der Waals surface area contributed by atoms with E-state index in [0.717, 1.165) is 16.7 Å². The van der Waals surface area contributed by atoms with Crippen LogP contribution in [0.15, 0.2) is 18.2 Å². The average molecular weight is 259 g/mol. The highest BCUT2D eigenvalue weighted by atomic mass is 16.2. The molecule has 1 unspecified atom stereocenters. The Bertz CT molecular complexity index is 519. The van der Waals surface area contributed by atoms with Gasteiger partial charge in [0.15, 0.2) is 0 Å². The molecule has 0 fully saturated rings. The average Bonchev–Trinajstić information content (AvgIpc) is 2.53. The van der Waals surface area contributed by atoms with Crippen LogP contribution in [-0.4, -0.2) is 23.1 Å². The molecule has 3 nitrogen and oxygen atoms in total. The van der Waals surface area contributed by atoms with Crippen LogP contribution in [0.1, 0.15) is 54.7 Å². The van der Waals surface area contributed by atoms with E-state index in [-0.39, 0.29) is 17.7 Å². The van der Waals surface area contributed by atoms with Crippen molar-refractivity contribution in [3.8, 4) is 0 Å². The minimum absolute atomic E-state index is 0.0648. The molecule has 1 heterocycles. The Morgan fingerprint density at radius 1 is 1.37 bits per heavy atom. The lowest BCUT2D eigenvalue weighted by atomic mass is 9.98. The van der Waals surface area contributed by atoms with E-state index >= 15 is 0 Å². The molecule has 0 saturated heterocycles. The van der Waals surface area contributed by atoms with Crippen molar-refractivity contribution in [2.45, 2.75) is 40.2 Å². The van der Waals surface area contributed by atoms with Crippen molar-refractivity contribution >= 4 is 11.7 Å². The number of ketones is 1. The van der Waals surface area contributed by atoms with Crippen LogP contribution in [0.25, 0.3) is 0 Å². The maximum atomic E-state index is 12.5. The van der Waals surface area contributed by atoms with Crippen LogP contribution in [0.2, 0.25) is 0 Å². The van der Waals surface area contributed by atoms with Crippen molar-refractivity contribution in [3.63, 3.8) is 0 Å². The molecule has 1 amide bonds. The smallest absolute Gasteiger partial charge is 0.254 e. The van der Waals surface area contributed by atoms with Gasteiger partial charge < -0.3 is 4.90 Å². The summed E-state index contributed by atoms with van der Waals surface area (Å²) in [6.07, 6.45) is 0.412. The summed E-state index contributed by atoms with van der Waals surface area (Å²) in [5.41, 5.74) is 2.91. The van der Waals surface area contributed by atoms with Crippen molar-refractivity contribution in [3.05, 3.63) is 34.9 Å². The van der Waals surface area contributed by atoms with E-state index in [4.69, 9.17) is 0 Å². The molecule has 1 aromatic rings. The molecular weight excluding hydrogens is 238 g/mol. The molecule has 1 aliphatic rings. The molecule has 0 saturated carbocycles. The van der Waals surface area contributed by atoms with E-state index in [2.05, 4.69) is 13.8 Å². The number of nitrogens with zero attached hydrogens (tertiary/aromatic N) is 1. The monoisotopic (exact) mass is 259 g/mol. The van der Waals surface area contributed by atoms with E-state index in [0.29, 0.717) is 18.9 Å². The topological polar surface area (TPSA) is 37.4 Å². The highest BCUT2D eigenvalue weighted by molar-refractivity contribution is 6.00. The zero-order chi connectivity index (χ0) is 14.2. The molecule has 19 heavy (non-hydrogen) atoms. The van der Waals surface area contributed by atoms with Crippen LogP contribution in [0.4, 0.5) is 0 Å². The fourth-order valence-corrected chi connectivity index (χ4v) is 2.71. The number of rotatable bonds is 4. The SMILES string of the molecule is CC(=O)CC1c2cc(C)ccc2C(=O)N1CC(C)C. The number of fused-ring (bicyclic) bond motifs is 1. The summed E-state index contributed by atoms with van der Waals surface area (Å²) in [7, 11) is 0. The van der Waals surface area contributed by atoms with E-state index in [9.17, 15) is 9.59 Å². The first-order valence-electron chi connectivity index (χ1n) is 6.81.